The minimum absolute atomic E-state index is 0.579. The Morgan fingerprint density at radius 1 is 1.50 bits per heavy atom. The Labute approximate surface area is 65.3 Å². The van der Waals surface area contributed by atoms with Crippen molar-refractivity contribution in [3.63, 3.8) is 0 Å². The molecule has 0 aliphatic rings. The highest BCUT2D eigenvalue weighted by atomic mass is 35.5. The van der Waals surface area contributed by atoms with Crippen LogP contribution in [0.2, 0.25) is 5.15 Å². The number of hydrogen-bond acceptors (Lipinski definition) is 2. The molecular formula is C7H9ClN2. The molecule has 0 aliphatic heterocycles. The summed E-state index contributed by atoms with van der Waals surface area (Å²) in [7, 11) is 0. The van der Waals surface area contributed by atoms with Crippen LogP contribution in [0.5, 0.6) is 0 Å². The summed E-state index contributed by atoms with van der Waals surface area (Å²) >= 11 is 5.78. The van der Waals surface area contributed by atoms with Crippen LogP contribution in [0.4, 0.5) is 0 Å². The van der Waals surface area contributed by atoms with Gasteiger partial charge in [0.15, 0.2) is 0 Å². The molecule has 0 N–H and O–H groups in total. The smallest absolute Gasteiger partial charge is 0.135 e. The zero-order valence-corrected chi connectivity index (χ0v) is 6.81. The van der Waals surface area contributed by atoms with E-state index in [9.17, 15) is 0 Å². The van der Waals surface area contributed by atoms with Gasteiger partial charge in [0.1, 0.15) is 11.5 Å². The molecule has 54 valence electrons. The first-order valence-electron chi connectivity index (χ1n) is 3.21. The predicted molar refractivity (Wildman–Crippen MR) is 41.2 cm³/mol. The van der Waals surface area contributed by atoms with E-state index in [1.165, 1.54) is 6.33 Å². The molecule has 3 heteroatoms. The molecule has 1 aromatic rings. The van der Waals surface area contributed by atoms with E-state index in [1.54, 1.807) is 0 Å². The fourth-order valence-corrected chi connectivity index (χ4v) is 1.19. The molecule has 1 aromatic heterocycles. The summed E-state index contributed by atoms with van der Waals surface area (Å²) in [4.78, 5) is 7.88. The quantitative estimate of drug-likeness (QED) is 0.582. The van der Waals surface area contributed by atoms with Crippen molar-refractivity contribution in [2.75, 3.05) is 0 Å². The Balaban J connectivity index is 3.17. The monoisotopic (exact) mass is 156 g/mol. The fourth-order valence-electron chi connectivity index (χ4n) is 0.873. The van der Waals surface area contributed by atoms with Crippen molar-refractivity contribution in [2.45, 2.75) is 20.3 Å². The number of nitrogens with zero attached hydrogens (tertiary/aromatic N) is 2. The first-order valence-corrected chi connectivity index (χ1v) is 3.59. The van der Waals surface area contributed by atoms with Crippen LogP contribution in [0.15, 0.2) is 6.33 Å². The third-order valence-electron chi connectivity index (χ3n) is 1.46. The molecule has 0 atom stereocenters. The summed E-state index contributed by atoms with van der Waals surface area (Å²) < 4.78 is 0. The van der Waals surface area contributed by atoms with Crippen LogP contribution in [0.3, 0.4) is 0 Å². The van der Waals surface area contributed by atoms with Crippen LogP contribution in [0.1, 0.15) is 18.2 Å². The molecule has 1 heterocycles. The molecular weight excluding hydrogens is 148 g/mol. The molecule has 0 aromatic carbocycles. The van der Waals surface area contributed by atoms with Crippen LogP contribution < -0.4 is 0 Å². The lowest BCUT2D eigenvalue weighted by Gasteiger charge is -2.00. The van der Waals surface area contributed by atoms with Crippen LogP contribution >= 0.6 is 11.6 Å². The van der Waals surface area contributed by atoms with E-state index in [0.717, 1.165) is 17.7 Å². The molecule has 0 bridgehead atoms. The number of aromatic nitrogens is 2. The van der Waals surface area contributed by atoms with E-state index in [0.29, 0.717) is 5.15 Å². The summed E-state index contributed by atoms with van der Waals surface area (Å²) in [6.45, 7) is 3.98. The van der Waals surface area contributed by atoms with Gasteiger partial charge in [0.05, 0.1) is 0 Å². The summed E-state index contributed by atoms with van der Waals surface area (Å²) in [5, 5.41) is 0.579. The molecule has 10 heavy (non-hydrogen) atoms. The Bertz CT molecular complexity index is 215. The molecule has 0 amide bonds. The first-order chi connectivity index (χ1) is 4.75. The van der Waals surface area contributed by atoms with E-state index in [1.807, 2.05) is 13.8 Å². The second-order valence-corrected chi connectivity index (χ2v) is 2.44. The maximum Gasteiger partial charge on any atom is 0.135 e. The van der Waals surface area contributed by atoms with Gasteiger partial charge in [-0.1, -0.05) is 18.5 Å². The lowest BCUT2D eigenvalue weighted by Crippen LogP contribution is -1.93. The second kappa shape index (κ2) is 2.97. The molecule has 0 unspecified atom stereocenters. The summed E-state index contributed by atoms with van der Waals surface area (Å²) in [6.07, 6.45) is 2.38. The molecule has 2 nitrogen and oxygen atoms in total. The maximum absolute atomic E-state index is 5.78. The Hall–Kier alpha value is -0.630. The zero-order chi connectivity index (χ0) is 7.56. The third-order valence-corrected chi connectivity index (χ3v) is 1.79. The largest absolute Gasteiger partial charge is 0.241 e. The predicted octanol–water partition coefficient (Wildman–Crippen LogP) is 2.00. The van der Waals surface area contributed by atoms with Crippen molar-refractivity contribution < 1.29 is 0 Å². The van der Waals surface area contributed by atoms with Crippen LogP contribution in [0.25, 0.3) is 0 Å². The number of halogens is 1. The third kappa shape index (κ3) is 1.27. The number of hydrogen-bond donors (Lipinski definition) is 0. The van der Waals surface area contributed by atoms with Gasteiger partial charge in [-0.05, 0) is 13.3 Å². The summed E-state index contributed by atoms with van der Waals surface area (Å²) in [6, 6.07) is 0. The van der Waals surface area contributed by atoms with Crippen LogP contribution in [0, 0.1) is 6.92 Å². The van der Waals surface area contributed by atoms with E-state index in [2.05, 4.69) is 9.97 Å². The van der Waals surface area contributed by atoms with Crippen LogP contribution in [-0.2, 0) is 6.42 Å². The highest BCUT2D eigenvalue weighted by molar-refractivity contribution is 6.30. The summed E-state index contributed by atoms with van der Waals surface area (Å²) in [5.74, 6) is 0. The molecule has 0 saturated carbocycles. The van der Waals surface area contributed by atoms with Gasteiger partial charge in [0.2, 0.25) is 0 Å². The standard InChI is InChI=1S/C7H9ClN2/c1-3-6-5(2)9-4-10-7(6)8/h4H,3H2,1-2H3. The summed E-state index contributed by atoms with van der Waals surface area (Å²) in [5.41, 5.74) is 2.02. The Morgan fingerprint density at radius 3 is 2.60 bits per heavy atom. The number of rotatable bonds is 1. The van der Waals surface area contributed by atoms with Gasteiger partial charge in [-0.25, -0.2) is 9.97 Å². The number of aryl methyl sites for hydroxylation is 1. The average molecular weight is 157 g/mol. The molecule has 1 rings (SSSR count). The fraction of sp³-hybridized carbons (Fsp3) is 0.429. The second-order valence-electron chi connectivity index (χ2n) is 2.08. The molecule has 0 aliphatic carbocycles. The Morgan fingerprint density at radius 2 is 2.20 bits per heavy atom. The van der Waals surface area contributed by atoms with Gasteiger partial charge < -0.3 is 0 Å². The lowest BCUT2D eigenvalue weighted by atomic mass is 10.2. The molecule has 0 radical (unpaired) electrons. The van der Waals surface area contributed by atoms with Crippen molar-refractivity contribution in [1.29, 1.82) is 0 Å². The normalized spacial score (nSPS) is 9.90. The minimum Gasteiger partial charge on any atom is -0.241 e. The lowest BCUT2D eigenvalue weighted by molar-refractivity contribution is 0.995. The average Bonchev–Trinajstić information content (AvgIpc) is 1.88. The molecule has 0 spiro atoms. The van der Waals surface area contributed by atoms with Gasteiger partial charge in [-0.2, -0.15) is 0 Å². The van der Waals surface area contributed by atoms with E-state index >= 15 is 0 Å². The molecule has 0 saturated heterocycles. The van der Waals surface area contributed by atoms with Crippen molar-refractivity contribution in [1.82, 2.24) is 9.97 Å². The van der Waals surface area contributed by atoms with Crippen LogP contribution in [-0.4, -0.2) is 9.97 Å². The topological polar surface area (TPSA) is 25.8 Å². The van der Waals surface area contributed by atoms with Crippen molar-refractivity contribution in [2.24, 2.45) is 0 Å². The first kappa shape index (κ1) is 7.48. The minimum atomic E-state index is 0.579. The van der Waals surface area contributed by atoms with Gasteiger partial charge in [0, 0.05) is 11.3 Å². The Kier molecular flexibility index (Phi) is 2.22. The van der Waals surface area contributed by atoms with Crippen molar-refractivity contribution in [3.05, 3.63) is 22.7 Å². The van der Waals surface area contributed by atoms with Gasteiger partial charge in [-0.3, -0.25) is 0 Å². The SMILES string of the molecule is CCc1c(C)ncnc1Cl. The van der Waals surface area contributed by atoms with Gasteiger partial charge >= 0.3 is 0 Å². The highest BCUT2D eigenvalue weighted by Crippen LogP contribution is 2.14. The zero-order valence-electron chi connectivity index (χ0n) is 6.06. The van der Waals surface area contributed by atoms with Crippen molar-refractivity contribution >= 4 is 11.6 Å². The van der Waals surface area contributed by atoms with Gasteiger partial charge in [0.25, 0.3) is 0 Å². The molecule has 0 fully saturated rings. The highest BCUT2D eigenvalue weighted by Gasteiger charge is 2.01. The van der Waals surface area contributed by atoms with Crippen molar-refractivity contribution in [3.8, 4) is 0 Å². The van der Waals surface area contributed by atoms with E-state index < -0.39 is 0 Å². The van der Waals surface area contributed by atoms with E-state index in [-0.39, 0.29) is 0 Å². The van der Waals surface area contributed by atoms with E-state index in [4.69, 9.17) is 11.6 Å². The maximum atomic E-state index is 5.78. The van der Waals surface area contributed by atoms with Gasteiger partial charge in [-0.15, -0.1) is 0 Å².